The molecule has 0 fully saturated rings. The molecule has 0 saturated carbocycles. The quantitative estimate of drug-likeness (QED) is 0.0308. The Hall–Kier alpha value is -1.21. The van der Waals surface area contributed by atoms with Gasteiger partial charge in [-0.2, -0.15) is 0 Å². The first-order valence-corrected chi connectivity index (χ1v) is 32.2. The Morgan fingerprint density at radius 2 is 0.606 bits per heavy atom. The van der Waals surface area contributed by atoms with Crippen molar-refractivity contribution in [2.45, 2.75) is 379 Å². The van der Waals surface area contributed by atoms with E-state index in [4.69, 9.17) is 0 Å². The topological polar surface area (TPSA) is 110 Å². The standard InChI is InChI=1S/C65H127NO5/c1-3-5-7-9-11-13-15-17-19-21-23-25-27-28-29-30-31-32-33-34-35-37-39-41-43-45-47-49-51-53-55-57-59-63(69)65(71)66-61(60-67)64(70)62(68)58-56-54-52-50-48-46-44-42-40-38-36-26-24-22-20-18-16-14-12-10-8-6-4-2/h23,25,28-29,61-64,67-70H,3-22,24,26-27,30-60H2,1-2H3,(H,66,71)/b25-23-,29-28-. The van der Waals surface area contributed by atoms with Gasteiger partial charge in [-0.1, -0.05) is 334 Å². The van der Waals surface area contributed by atoms with Crippen LogP contribution in [0.4, 0.5) is 0 Å². The van der Waals surface area contributed by atoms with E-state index < -0.39 is 36.9 Å². The number of allylic oxidation sites excluding steroid dienone is 4. The number of aliphatic hydroxyl groups excluding tert-OH is 4. The first-order chi connectivity index (χ1) is 35.0. The van der Waals surface area contributed by atoms with Gasteiger partial charge in [0.1, 0.15) is 12.2 Å². The van der Waals surface area contributed by atoms with Crippen LogP contribution >= 0.6 is 0 Å². The molecule has 0 aromatic rings. The summed E-state index contributed by atoms with van der Waals surface area (Å²) >= 11 is 0. The van der Waals surface area contributed by atoms with Gasteiger partial charge in [-0.15, -0.1) is 0 Å². The molecule has 4 unspecified atom stereocenters. The number of hydrogen-bond donors (Lipinski definition) is 5. The van der Waals surface area contributed by atoms with Crippen LogP contribution in [-0.2, 0) is 4.79 Å². The lowest BCUT2D eigenvalue weighted by molar-refractivity contribution is -0.132. The number of carbonyl (C=O) groups excluding carboxylic acids is 1. The molecule has 1 amide bonds. The zero-order chi connectivity index (χ0) is 51.6. The maximum absolute atomic E-state index is 12.6. The molecule has 5 N–H and O–H groups in total. The van der Waals surface area contributed by atoms with Crippen molar-refractivity contribution < 1.29 is 25.2 Å². The minimum absolute atomic E-state index is 0.372. The van der Waals surface area contributed by atoms with Crippen LogP contribution in [0.3, 0.4) is 0 Å². The molecule has 0 heterocycles. The molecule has 0 bridgehead atoms. The smallest absolute Gasteiger partial charge is 0.249 e. The first-order valence-electron chi connectivity index (χ1n) is 32.2. The number of rotatable bonds is 60. The number of unbranched alkanes of at least 4 members (excludes halogenated alkanes) is 47. The Balaban J connectivity index is 3.56. The van der Waals surface area contributed by atoms with Crippen molar-refractivity contribution in [3.05, 3.63) is 24.3 Å². The highest BCUT2D eigenvalue weighted by Crippen LogP contribution is 2.19. The molecular formula is C65H127NO5. The molecule has 0 spiro atoms. The minimum Gasteiger partial charge on any atom is -0.394 e. The second-order valence-electron chi connectivity index (χ2n) is 22.5. The van der Waals surface area contributed by atoms with Crippen molar-refractivity contribution in [2.75, 3.05) is 6.61 Å². The second-order valence-corrected chi connectivity index (χ2v) is 22.5. The van der Waals surface area contributed by atoms with E-state index >= 15 is 0 Å². The van der Waals surface area contributed by atoms with E-state index in [-0.39, 0.29) is 0 Å². The number of aliphatic hydroxyl groups is 4. The molecule has 0 aliphatic rings. The Morgan fingerprint density at radius 3 is 0.887 bits per heavy atom. The highest BCUT2D eigenvalue weighted by molar-refractivity contribution is 5.80. The molecule has 0 aromatic carbocycles. The molecule has 71 heavy (non-hydrogen) atoms. The summed E-state index contributed by atoms with van der Waals surface area (Å²) < 4.78 is 0. The van der Waals surface area contributed by atoms with Gasteiger partial charge < -0.3 is 25.7 Å². The molecule has 6 heteroatoms. The van der Waals surface area contributed by atoms with Gasteiger partial charge >= 0.3 is 0 Å². The van der Waals surface area contributed by atoms with Crippen LogP contribution in [-0.4, -0.2) is 57.3 Å². The number of nitrogens with one attached hydrogen (secondary N) is 1. The Bertz CT molecular complexity index is 1080. The zero-order valence-corrected chi connectivity index (χ0v) is 48.0. The van der Waals surface area contributed by atoms with Gasteiger partial charge in [0, 0.05) is 0 Å². The Kier molecular flexibility index (Phi) is 58.6. The monoisotopic (exact) mass is 1000 g/mol. The first kappa shape index (κ1) is 69.8. The van der Waals surface area contributed by atoms with Crippen LogP contribution in [0.5, 0.6) is 0 Å². The van der Waals surface area contributed by atoms with Crippen molar-refractivity contribution in [1.82, 2.24) is 5.32 Å². The van der Waals surface area contributed by atoms with Gasteiger partial charge in [0.15, 0.2) is 0 Å². The Morgan fingerprint density at radius 1 is 0.352 bits per heavy atom. The summed E-state index contributed by atoms with van der Waals surface area (Å²) in [5.74, 6) is -0.577. The molecule has 0 aliphatic carbocycles. The third kappa shape index (κ3) is 53.4. The van der Waals surface area contributed by atoms with E-state index in [2.05, 4.69) is 43.5 Å². The second kappa shape index (κ2) is 59.7. The number of amides is 1. The molecule has 0 rings (SSSR count). The zero-order valence-electron chi connectivity index (χ0n) is 48.0. The molecule has 0 aromatic heterocycles. The van der Waals surface area contributed by atoms with Crippen LogP contribution in [0.1, 0.15) is 354 Å². The summed E-state index contributed by atoms with van der Waals surface area (Å²) in [4.78, 5) is 12.6. The van der Waals surface area contributed by atoms with E-state index in [1.165, 1.54) is 283 Å². The summed E-state index contributed by atoms with van der Waals surface area (Å²) in [5.41, 5.74) is 0. The fourth-order valence-corrected chi connectivity index (χ4v) is 10.4. The van der Waals surface area contributed by atoms with Gasteiger partial charge in [0.25, 0.3) is 0 Å². The van der Waals surface area contributed by atoms with Gasteiger partial charge in [0.05, 0.1) is 18.8 Å². The van der Waals surface area contributed by atoms with E-state index in [1.807, 2.05) is 0 Å². The van der Waals surface area contributed by atoms with E-state index in [9.17, 15) is 25.2 Å². The predicted molar refractivity (Wildman–Crippen MR) is 311 cm³/mol. The van der Waals surface area contributed by atoms with Gasteiger partial charge in [-0.05, 0) is 44.9 Å². The lowest BCUT2D eigenvalue weighted by Crippen LogP contribution is -2.53. The van der Waals surface area contributed by atoms with Gasteiger partial charge in [-0.25, -0.2) is 0 Å². The van der Waals surface area contributed by atoms with E-state index in [0.717, 1.165) is 44.9 Å². The lowest BCUT2D eigenvalue weighted by Gasteiger charge is -2.27. The SMILES string of the molecule is CCCCCCCCCCC/C=C\C/C=C\CCCCCCCCCCCCCCCCCCC(O)C(=O)NC(CO)C(O)C(O)CCCCCCCCCCCCCCCCCCCCCCCCC. The van der Waals surface area contributed by atoms with Crippen LogP contribution in [0, 0.1) is 0 Å². The van der Waals surface area contributed by atoms with Crippen molar-refractivity contribution in [2.24, 2.45) is 0 Å². The summed E-state index contributed by atoms with van der Waals surface area (Å²) in [6.45, 7) is 4.10. The van der Waals surface area contributed by atoms with Crippen molar-refractivity contribution >= 4 is 5.91 Å². The molecule has 0 radical (unpaired) electrons. The highest BCUT2D eigenvalue weighted by Gasteiger charge is 2.28. The average Bonchev–Trinajstić information content (AvgIpc) is 3.38. The molecular weight excluding hydrogens is 875 g/mol. The molecule has 0 saturated heterocycles. The summed E-state index contributed by atoms with van der Waals surface area (Å²) in [6.07, 6.45) is 74.2. The van der Waals surface area contributed by atoms with Crippen LogP contribution in [0.2, 0.25) is 0 Å². The van der Waals surface area contributed by atoms with Gasteiger partial charge in [0.2, 0.25) is 5.91 Å². The van der Waals surface area contributed by atoms with Crippen molar-refractivity contribution in [1.29, 1.82) is 0 Å². The fourth-order valence-electron chi connectivity index (χ4n) is 10.4. The third-order valence-corrected chi connectivity index (χ3v) is 15.4. The van der Waals surface area contributed by atoms with Gasteiger partial charge in [-0.3, -0.25) is 4.79 Å². The van der Waals surface area contributed by atoms with Crippen molar-refractivity contribution in [3.8, 4) is 0 Å². The number of carbonyl (C=O) groups is 1. The van der Waals surface area contributed by atoms with Crippen LogP contribution in [0.25, 0.3) is 0 Å². The molecule has 6 nitrogen and oxygen atoms in total. The fraction of sp³-hybridized carbons (Fsp3) is 0.923. The summed E-state index contributed by atoms with van der Waals surface area (Å²) in [5, 5.41) is 44.2. The minimum atomic E-state index is -1.26. The maximum atomic E-state index is 12.6. The largest absolute Gasteiger partial charge is 0.394 e. The van der Waals surface area contributed by atoms with Crippen LogP contribution < -0.4 is 5.32 Å². The van der Waals surface area contributed by atoms with E-state index in [1.54, 1.807) is 0 Å². The number of hydrogen-bond acceptors (Lipinski definition) is 5. The van der Waals surface area contributed by atoms with Crippen molar-refractivity contribution in [3.63, 3.8) is 0 Å². The molecule has 0 aliphatic heterocycles. The lowest BCUT2D eigenvalue weighted by atomic mass is 9.99. The third-order valence-electron chi connectivity index (χ3n) is 15.4. The Labute approximate surface area is 444 Å². The summed E-state index contributed by atoms with van der Waals surface area (Å²) in [6, 6.07) is -0.985. The molecule has 422 valence electrons. The normalized spacial score (nSPS) is 13.7. The summed E-state index contributed by atoms with van der Waals surface area (Å²) in [7, 11) is 0. The molecule has 4 atom stereocenters. The highest BCUT2D eigenvalue weighted by atomic mass is 16.3. The maximum Gasteiger partial charge on any atom is 0.249 e. The van der Waals surface area contributed by atoms with Crippen LogP contribution in [0.15, 0.2) is 24.3 Å². The predicted octanol–water partition coefficient (Wildman–Crippen LogP) is 19.4. The average molecular weight is 1000 g/mol. The van der Waals surface area contributed by atoms with E-state index in [0.29, 0.717) is 12.8 Å².